The van der Waals surface area contributed by atoms with E-state index in [0.29, 0.717) is 0 Å². The van der Waals surface area contributed by atoms with E-state index in [9.17, 15) is 0 Å². The molecule has 0 spiro atoms. The Hall–Kier alpha value is -2.66. The molecule has 0 fully saturated rings. The zero-order valence-electron chi connectivity index (χ0n) is 13.9. The lowest BCUT2D eigenvalue weighted by molar-refractivity contribution is 0.427. The summed E-state index contributed by atoms with van der Waals surface area (Å²) >= 11 is 3.43. The number of hydrogen-bond donors (Lipinski definition) is 0. The average molecular weight is 397 g/mol. The van der Waals surface area contributed by atoms with Gasteiger partial charge in [-0.05, 0) is 29.8 Å². The van der Waals surface area contributed by atoms with Crippen LogP contribution in [0.5, 0.6) is 0 Å². The van der Waals surface area contributed by atoms with Crippen LogP contribution in [0.15, 0.2) is 80.2 Å². The summed E-state index contributed by atoms with van der Waals surface area (Å²) in [5.41, 5.74) is 3.89. The van der Waals surface area contributed by atoms with Gasteiger partial charge in [0.15, 0.2) is 11.5 Å². The number of hydrogen-bond acceptors (Lipinski definition) is 4. The monoisotopic (exact) mass is 396 g/mol. The lowest BCUT2D eigenvalue weighted by Gasteiger charge is -1.94. The summed E-state index contributed by atoms with van der Waals surface area (Å²) in [5.74, 6) is 1.62. The first kappa shape index (κ1) is 17.2. The molecule has 0 saturated heterocycles. The van der Waals surface area contributed by atoms with Crippen LogP contribution in [-0.2, 0) is 0 Å². The van der Waals surface area contributed by atoms with Gasteiger partial charge in [-0.25, -0.2) is 0 Å². The summed E-state index contributed by atoms with van der Waals surface area (Å²) in [7, 11) is 0. The molecule has 0 aliphatic rings. The lowest BCUT2D eigenvalue weighted by atomic mass is 10.2. The Morgan fingerprint density at radius 2 is 1.36 bits per heavy atom. The Bertz CT molecular complexity index is 931. The maximum absolute atomic E-state index is 5.18. The molecule has 0 unspecified atom stereocenters. The van der Waals surface area contributed by atoms with Crippen LogP contribution in [0.2, 0.25) is 0 Å². The van der Waals surface area contributed by atoms with Gasteiger partial charge in [0.2, 0.25) is 0 Å². The maximum Gasteiger partial charge on any atom is 0.181 e. The molecule has 0 bridgehead atoms. The highest BCUT2D eigenvalue weighted by Gasteiger charge is 2.10. The number of halogens is 1. The van der Waals surface area contributed by atoms with E-state index in [2.05, 4.69) is 26.2 Å². The Morgan fingerprint density at radius 1 is 0.760 bits per heavy atom. The molecule has 2 aromatic carbocycles. The number of benzene rings is 2. The third-order valence-electron chi connectivity index (χ3n) is 3.51. The second-order valence-corrected chi connectivity index (χ2v) is 6.27. The summed E-state index contributed by atoms with van der Waals surface area (Å²) in [4.78, 5) is 0. The predicted octanol–water partition coefficient (Wildman–Crippen LogP) is 6.06. The number of aryl methyl sites for hydroxylation is 2. The van der Waals surface area contributed by atoms with Crippen LogP contribution < -0.4 is 0 Å². The predicted molar refractivity (Wildman–Crippen MR) is 101 cm³/mol. The summed E-state index contributed by atoms with van der Waals surface area (Å²) in [5, 5.41) is 7.69. The first-order valence-electron chi connectivity index (χ1n) is 7.81. The zero-order valence-corrected chi connectivity index (χ0v) is 15.5. The van der Waals surface area contributed by atoms with Gasteiger partial charge in [0.25, 0.3) is 0 Å². The topological polar surface area (TPSA) is 52.1 Å². The number of aromatic nitrogens is 2. The van der Waals surface area contributed by atoms with Crippen molar-refractivity contribution in [2.45, 2.75) is 13.8 Å². The first-order chi connectivity index (χ1) is 12.1. The molecule has 126 valence electrons. The van der Waals surface area contributed by atoms with Crippen LogP contribution in [-0.4, -0.2) is 10.3 Å². The van der Waals surface area contributed by atoms with Crippen LogP contribution >= 0.6 is 15.9 Å². The third kappa shape index (κ3) is 4.25. The Kier molecular flexibility index (Phi) is 5.46. The maximum atomic E-state index is 5.18. The van der Waals surface area contributed by atoms with Gasteiger partial charge in [-0.1, -0.05) is 71.0 Å². The van der Waals surface area contributed by atoms with Crippen molar-refractivity contribution >= 4 is 15.9 Å². The highest BCUT2D eigenvalue weighted by molar-refractivity contribution is 9.10. The molecule has 0 amide bonds. The van der Waals surface area contributed by atoms with Crippen LogP contribution in [0.3, 0.4) is 0 Å². The molecule has 0 aliphatic carbocycles. The number of rotatable bonds is 2. The molecule has 0 N–H and O–H groups in total. The van der Waals surface area contributed by atoms with E-state index in [1.807, 2.05) is 80.6 Å². The highest BCUT2D eigenvalue weighted by atomic mass is 79.9. The Balaban J connectivity index is 0.000000146. The quantitative estimate of drug-likeness (QED) is 0.412. The van der Waals surface area contributed by atoms with Crippen molar-refractivity contribution in [3.63, 3.8) is 0 Å². The van der Waals surface area contributed by atoms with Gasteiger partial charge in [0, 0.05) is 17.2 Å². The van der Waals surface area contributed by atoms with E-state index < -0.39 is 0 Å². The van der Waals surface area contributed by atoms with Gasteiger partial charge < -0.3 is 9.05 Å². The second kappa shape index (κ2) is 7.94. The summed E-state index contributed by atoms with van der Waals surface area (Å²) < 4.78 is 11.2. The molecule has 4 nitrogen and oxygen atoms in total. The van der Waals surface area contributed by atoms with Crippen molar-refractivity contribution in [1.82, 2.24) is 10.3 Å². The van der Waals surface area contributed by atoms with E-state index in [0.717, 1.165) is 38.5 Å². The van der Waals surface area contributed by atoms with Crippen LogP contribution in [0.1, 0.15) is 11.4 Å². The normalized spacial score (nSPS) is 10.2. The molecular weight excluding hydrogens is 380 g/mol. The fourth-order valence-corrected chi connectivity index (χ4v) is 2.60. The molecule has 4 aromatic rings. The molecule has 2 aromatic heterocycles. The Morgan fingerprint density at radius 3 is 1.84 bits per heavy atom. The van der Waals surface area contributed by atoms with Crippen molar-refractivity contribution in [3.05, 3.63) is 82.6 Å². The molecule has 0 atom stereocenters. The zero-order chi connectivity index (χ0) is 17.6. The minimum atomic E-state index is 0.790. The smallest absolute Gasteiger partial charge is 0.181 e. The van der Waals surface area contributed by atoms with Crippen LogP contribution in [0.25, 0.3) is 22.6 Å². The fourth-order valence-electron chi connectivity index (χ4n) is 2.23. The molecule has 0 aliphatic heterocycles. The average Bonchev–Trinajstić information content (AvgIpc) is 3.23. The van der Waals surface area contributed by atoms with E-state index in [4.69, 9.17) is 9.05 Å². The molecule has 4 rings (SSSR count). The highest BCUT2D eigenvalue weighted by Crippen LogP contribution is 2.30. The molecule has 0 radical (unpaired) electrons. The van der Waals surface area contributed by atoms with Gasteiger partial charge in [0.1, 0.15) is 0 Å². The summed E-state index contributed by atoms with van der Waals surface area (Å²) in [6.45, 7) is 3.82. The van der Waals surface area contributed by atoms with Crippen molar-refractivity contribution in [1.29, 1.82) is 0 Å². The van der Waals surface area contributed by atoms with E-state index in [1.165, 1.54) is 0 Å². The van der Waals surface area contributed by atoms with Crippen LogP contribution in [0.4, 0.5) is 0 Å². The Labute approximate surface area is 154 Å². The summed E-state index contributed by atoms with van der Waals surface area (Å²) in [6, 6.07) is 21.8. The van der Waals surface area contributed by atoms with E-state index >= 15 is 0 Å². The lowest BCUT2D eigenvalue weighted by Crippen LogP contribution is -1.73. The van der Waals surface area contributed by atoms with Crippen molar-refractivity contribution in [2.75, 3.05) is 0 Å². The molecular formula is C20H17BrN2O2. The van der Waals surface area contributed by atoms with Crippen molar-refractivity contribution in [2.24, 2.45) is 0 Å². The van der Waals surface area contributed by atoms with Crippen LogP contribution in [0, 0.1) is 13.8 Å². The fraction of sp³-hybridized carbons (Fsp3) is 0.100. The largest absolute Gasteiger partial charge is 0.356 e. The second-order valence-electron chi connectivity index (χ2n) is 5.48. The van der Waals surface area contributed by atoms with E-state index in [-0.39, 0.29) is 0 Å². The minimum absolute atomic E-state index is 0.790. The molecule has 25 heavy (non-hydrogen) atoms. The van der Waals surface area contributed by atoms with Gasteiger partial charge >= 0.3 is 0 Å². The van der Waals surface area contributed by atoms with Gasteiger partial charge in [-0.2, -0.15) is 0 Å². The van der Waals surface area contributed by atoms with Gasteiger partial charge in [-0.3, -0.25) is 0 Å². The van der Waals surface area contributed by atoms with Crippen molar-refractivity contribution in [3.8, 4) is 22.6 Å². The first-order valence-corrected chi connectivity index (χ1v) is 8.60. The minimum Gasteiger partial charge on any atom is -0.356 e. The molecule has 5 heteroatoms. The van der Waals surface area contributed by atoms with E-state index in [1.54, 1.807) is 0 Å². The molecule has 2 heterocycles. The van der Waals surface area contributed by atoms with Gasteiger partial charge in [0.05, 0.1) is 15.9 Å². The van der Waals surface area contributed by atoms with Gasteiger partial charge in [-0.15, -0.1) is 0 Å². The third-order valence-corrected chi connectivity index (χ3v) is 4.45. The number of nitrogens with zero attached hydrogens (tertiary/aromatic N) is 2. The molecule has 0 saturated carbocycles. The SMILES string of the molecule is Cc1cc(-c2ccccc2)on1.Cc1noc(-c2ccccc2)c1Br. The van der Waals surface area contributed by atoms with Crippen molar-refractivity contribution < 1.29 is 9.05 Å². The standard InChI is InChI=1S/C10H8BrNO.C10H9NO/c1-7-9(11)10(13-12-7)8-5-3-2-4-6-8;1-8-7-10(12-11-8)9-5-3-2-4-6-9/h2-6H,1H3;2-7H,1H3. The summed E-state index contributed by atoms with van der Waals surface area (Å²) in [6.07, 6.45) is 0.